The van der Waals surface area contributed by atoms with Crippen LogP contribution in [0.2, 0.25) is 0 Å². The molecule has 2 N–H and O–H groups in total. The Morgan fingerprint density at radius 2 is 1.90 bits per heavy atom. The normalized spacial score (nSPS) is 18.0. The van der Waals surface area contributed by atoms with Crippen LogP contribution in [-0.2, 0) is 27.4 Å². The van der Waals surface area contributed by atoms with Crippen LogP contribution in [0.5, 0.6) is 5.75 Å². The molecule has 0 bridgehead atoms. The number of carbonyl (C=O) groups excluding carboxylic acids is 1. The predicted molar refractivity (Wildman–Crippen MR) is 144 cm³/mol. The van der Waals surface area contributed by atoms with Gasteiger partial charge in [0.2, 0.25) is 16.0 Å². The standard InChI is InChI=1S/C26H36F3N5O5S/c1-16-12-21(23(39-4)14-18(16)24(35)30-10-11-38-3)33-25-31-15-19(26(27,28)29)20(32-25)13-17-8-6-7-9-22(17)34(2)40(5,36)37/h12,14-15,17,22H,6-11,13H2,1-5H3,(H,30,35)(H,31,32,33)/t17-,22?/m0/s1. The summed E-state index contributed by atoms with van der Waals surface area (Å²) in [7, 11) is 0.869. The number of methoxy groups -OCH3 is 2. The molecule has 3 rings (SSSR count). The third-order valence-electron chi connectivity index (χ3n) is 7.12. The first-order chi connectivity index (χ1) is 18.8. The number of rotatable bonds is 11. The number of alkyl halides is 3. The van der Waals surface area contributed by atoms with E-state index in [4.69, 9.17) is 9.47 Å². The van der Waals surface area contributed by atoms with Crippen LogP contribution < -0.4 is 15.4 Å². The van der Waals surface area contributed by atoms with Gasteiger partial charge in [-0.15, -0.1) is 0 Å². The van der Waals surface area contributed by atoms with Crippen LogP contribution in [0.4, 0.5) is 24.8 Å². The van der Waals surface area contributed by atoms with Gasteiger partial charge < -0.3 is 20.1 Å². The van der Waals surface area contributed by atoms with Crippen molar-refractivity contribution < 1.29 is 35.9 Å². The van der Waals surface area contributed by atoms with Gasteiger partial charge in [0.1, 0.15) is 5.75 Å². The summed E-state index contributed by atoms with van der Waals surface area (Å²) in [6, 6.07) is 2.73. The molecule has 1 amide bonds. The fraction of sp³-hybridized carbons (Fsp3) is 0.577. The Hall–Kier alpha value is -2.97. The molecule has 222 valence electrons. The van der Waals surface area contributed by atoms with Crippen molar-refractivity contribution in [3.63, 3.8) is 0 Å². The van der Waals surface area contributed by atoms with Crippen molar-refractivity contribution >= 4 is 27.6 Å². The highest BCUT2D eigenvalue weighted by atomic mass is 32.2. The van der Waals surface area contributed by atoms with Gasteiger partial charge in [0, 0.05) is 38.5 Å². The molecule has 1 unspecified atom stereocenters. The molecule has 0 aliphatic heterocycles. The smallest absolute Gasteiger partial charge is 0.419 e. The van der Waals surface area contributed by atoms with E-state index in [-0.39, 0.29) is 35.6 Å². The zero-order valence-corrected chi connectivity index (χ0v) is 24.1. The Bertz CT molecular complexity index is 1310. The summed E-state index contributed by atoms with van der Waals surface area (Å²) in [5.41, 5.74) is 0.154. The van der Waals surface area contributed by atoms with E-state index >= 15 is 0 Å². The molecule has 1 fully saturated rings. The number of sulfonamides is 1. The maximum Gasteiger partial charge on any atom is 0.419 e. The van der Waals surface area contributed by atoms with Gasteiger partial charge in [-0.1, -0.05) is 12.8 Å². The number of benzene rings is 1. The molecule has 2 atom stereocenters. The molecule has 1 aromatic heterocycles. The van der Waals surface area contributed by atoms with Crippen LogP contribution in [0.3, 0.4) is 0 Å². The molecule has 14 heteroatoms. The number of aryl methyl sites for hydroxylation is 1. The Kier molecular flexibility index (Phi) is 10.4. The topological polar surface area (TPSA) is 123 Å². The predicted octanol–water partition coefficient (Wildman–Crippen LogP) is 3.92. The zero-order chi connectivity index (χ0) is 29.7. The van der Waals surface area contributed by atoms with Crippen LogP contribution in [0.25, 0.3) is 0 Å². The highest BCUT2D eigenvalue weighted by molar-refractivity contribution is 7.88. The van der Waals surface area contributed by atoms with Crippen LogP contribution in [0, 0.1) is 12.8 Å². The molecule has 0 spiro atoms. The van der Waals surface area contributed by atoms with Gasteiger partial charge >= 0.3 is 6.18 Å². The average molecular weight is 588 g/mol. The number of aromatic nitrogens is 2. The van der Waals surface area contributed by atoms with Crippen molar-refractivity contribution in [2.45, 2.75) is 51.2 Å². The van der Waals surface area contributed by atoms with Gasteiger partial charge in [0.15, 0.2) is 0 Å². The molecule has 1 heterocycles. The Morgan fingerprint density at radius 1 is 1.20 bits per heavy atom. The van der Waals surface area contributed by atoms with E-state index < -0.39 is 27.8 Å². The summed E-state index contributed by atoms with van der Waals surface area (Å²) in [5, 5.41) is 5.66. The lowest BCUT2D eigenvalue weighted by molar-refractivity contribution is -0.138. The van der Waals surface area contributed by atoms with Crippen LogP contribution >= 0.6 is 0 Å². The van der Waals surface area contributed by atoms with E-state index in [1.54, 1.807) is 13.0 Å². The van der Waals surface area contributed by atoms with E-state index in [0.717, 1.165) is 25.3 Å². The highest BCUT2D eigenvalue weighted by Crippen LogP contribution is 2.37. The fourth-order valence-electron chi connectivity index (χ4n) is 4.95. The lowest BCUT2D eigenvalue weighted by Crippen LogP contribution is -2.44. The van der Waals surface area contributed by atoms with Gasteiger partial charge in [-0.3, -0.25) is 4.79 Å². The molecule has 10 nitrogen and oxygen atoms in total. The number of carbonyl (C=O) groups is 1. The Balaban J connectivity index is 1.93. The minimum Gasteiger partial charge on any atom is -0.495 e. The molecule has 0 saturated heterocycles. The number of halogens is 3. The van der Waals surface area contributed by atoms with E-state index in [9.17, 15) is 26.4 Å². The van der Waals surface area contributed by atoms with Crippen molar-refractivity contribution in [3.8, 4) is 5.75 Å². The Morgan fingerprint density at radius 3 is 2.52 bits per heavy atom. The maximum absolute atomic E-state index is 13.9. The van der Waals surface area contributed by atoms with E-state index in [1.165, 1.54) is 31.6 Å². The van der Waals surface area contributed by atoms with Gasteiger partial charge in [-0.25, -0.2) is 22.7 Å². The summed E-state index contributed by atoms with van der Waals surface area (Å²) in [6.07, 6.45) is -0.194. The molecule has 0 radical (unpaired) electrons. The molecule has 1 aliphatic rings. The number of nitrogens with zero attached hydrogens (tertiary/aromatic N) is 3. The Labute approximate surface area is 232 Å². The largest absolute Gasteiger partial charge is 0.495 e. The van der Waals surface area contributed by atoms with Crippen molar-refractivity contribution in [1.29, 1.82) is 0 Å². The third-order valence-corrected chi connectivity index (χ3v) is 8.43. The first-order valence-electron chi connectivity index (χ1n) is 12.8. The summed E-state index contributed by atoms with van der Waals surface area (Å²) >= 11 is 0. The monoisotopic (exact) mass is 587 g/mol. The van der Waals surface area contributed by atoms with Gasteiger partial charge in [-0.05, 0) is 49.8 Å². The number of hydrogen-bond donors (Lipinski definition) is 2. The summed E-state index contributed by atoms with van der Waals surface area (Å²) in [4.78, 5) is 20.7. The third kappa shape index (κ3) is 7.82. The van der Waals surface area contributed by atoms with E-state index in [1.807, 2.05) is 0 Å². The maximum atomic E-state index is 13.9. The van der Waals surface area contributed by atoms with Crippen LogP contribution in [0.15, 0.2) is 18.3 Å². The highest BCUT2D eigenvalue weighted by Gasteiger charge is 2.38. The second-order valence-corrected chi connectivity index (χ2v) is 11.9. The van der Waals surface area contributed by atoms with Crippen LogP contribution in [0.1, 0.15) is 52.9 Å². The minimum absolute atomic E-state index is 0.0622. The first kappa shape index (κ1) is 31.6. The summed E-state index contributed by atoms with van der Waals surface area (Å²) in [6.45, 7) is 2.39. The molecular formula is C26H36F3N5O5S. The summed E-state index contributed by atoms with van der Waals surface area (Å²) < 4.78 is 77.8. The average Bonchev–Trinajstić information content (AvgIpc) is 2.87. The molecule has 2 aromatic rings. The number of ether oxygens (including phenoxy) is 2. The van der Waals surface area contributed by atoms with Gasteiger partial charge in [0.25, 0.3) is 5.91 Å². The van der Waals surface area contributed by atoms with E-state index in [0.29, 0.717) is 42.8 Å². The molecule has 1 saturated carbocycles. The molecular weight excluding hydrogens is 551 g/mol. The number of nitrogens with one attached hydrogen (secondary N) is 2. The van der Waals surface area contributed by atoms with Crippen molar-refractivity contribution in [3.05, 3.63) is 40.7 Å². The SMILES string of the molecule is COCCNC(=O)c1cc(OC)c(Nc2ncc(C(F)(F)F)c(C[C@@H]3CCCCC3N(C)S(C)(=O)=O)n2)cc1C. The number of amides is 1. The fourth-order valence-corrected chi connectivity index (χ4v) is 5.72. The van der Waals surface area contributed by atoms with Crippen molar-refractivity contribution in [2.75, 3.05) is 46.0 Å². The van der Waals surface area contributed by atoms with Gasteiger partial charge in [-0.2, -0.15) is 13.2 Å². The second-order valence-electron chi connectivity index (χ2n) is 9.89. The zero-order valence-electron chi connectivity index (χ0n) is 23.3. The summed E-state index contributed by atoms with van der Waals surface area (Å²) in [5.74, 6) is -0.477. The lowest BCUT2D eigenvalue weighted by Gasteiger charge is -2.37. The van der Waals surface area contributed by atoms with Crippen LogP contribution in [-0.4, -0.2) is 75.3 Å². The number of anilines is 2. The molecule has 1 aliphatic carbocycles. The van der Waals surface area contributed by atoms with Gasteiger partial charge in [0.05, 0.1) is 36.9 Å². The minimum atomic E-state index is -4.69. The molecule has 1 aromatic carbocycles. The molecule has 40 heavy (non-hydrogen) atoms. The lowest BCUT2D eigenvalue weighted by atomic mass is 9.81. The first-order valence-corrected chi connectivity index (χ1v) is 14.7. The van der Waals surface area contributed by atoms with E-state index in [2.05, 4.69) is 20.6 Å². The van der Waals surface area contributed by atoms with Crippen molar-refractivity contribution in [1.82, 2.24) is 19.6 Å². The number of hydrogen-bond acceptors (Lipinski definition) is 8. The second kappa shape index (κ2) is 13.1. The quantitative estimate of drug-likeness (QED) is 0.380. The van der Waals surface area contributed by atoms with Crippen molar-refractivity contribution in [2.24, 2.45) is 5.92 Å².